The van der Waals surface area contributed by atoms with Crippen LogP contribution in [0.2, 0.25) is 0 Å². The number of benzene rings is 1. The first-order valence-electron chi connectivity index (χ1n) is 7.67. The third kappa shape index (κ3) is 4.45. The number of nitrogens with zero attached hydrogens (tertiary/aromatic N) is 3. The smallest absolute Gasteiger partial charge is 0.220 e. The number of nitrogens with one attached hydrogen (secondary N) is 1. The molecule has 5 nitrogen and oxygen atoms in total. The number of thioether (sulfide) groups is 1. The second-order valence-corrected chi connectivity index (χ2v) is 6.49. The van der Waals surface area contributed by atoms with Gasteiger partial charge in [-0.2, -0.15) is 11.8 Å². The van der Waals surface area contributed by atoms with Gasteiger partial charge in [0, 0.05) is 18.5 Å². The number of aromatic nitrogens is 1. The van der Waals surface area contributed by atoms with E-state index in [2.05, 4.69) is 28.7 Å². The Morgan fingerprint density at radius 2 is 2.17 bits per heavy atom. The molecule has 0 fully saturated rings. The van der Waals surface area contributed by atoms with Crippen LogP contribution in [0.3, 0.4) is 0 Å². The molecule has 0 aliphatic rings. The highest BCUT2D eigenvalue weighted by molar-refractivity contribution is 7.98. The molecule has 0 atom stereocenters. The first-order chi connectivity index (χ1) is 11.2. The van der Waals surface area contributed by atoms with E-state index in [1.807, 2.05) is 28.8 Å². The molecule has 0 saturated carbocycles. The van der Waals surface area contributed by atoms with E-state index >= 15 is 0 Å². The van der Waals surface area contributed by atoms with E-state index in [-0.39, 0.29) is 5.88 Å². The normalized spacial score (nSPS) is 11.4. The van der Waals surface area contributed by atoms with E-state index in [9.17, 15) is 5.11 Å². The lowest BCUT2D eigenvalue weighted by atomic mass is 10.2. The zero-order chi connectivity index (χ0) is 16.7. The van der Waals surface area contributed by atoms with Crippen molar-refractivity contribution >= 4 is 45.7 Å². The minimum Gasteiger partial charge on any atom is -0.493 e. The third-order valence-electron chi connectivity index (χ3n) is 3.41. The summed E-state index contributed by atoms with van der Waals surface area (Å²) in [5.74, 6) is 1.22. The van der Waals surface area contributed by atoms with Crippen molar-refractivity contribution in [2.24, 2.45) is 10.2 Å². The van der Waals surface area contributed by atoms with Crippen LogP contribution in [0, 0.1) is 0 Å². The molecule has 2 N–H and O–H groups in total. The Hall–Kier alpha value is -1.60. The molecule has 0 aliphatic heterocycles. The average molecular weight is 351 g/mol. The molecule has 2 rings (SSSR count). The second-order valence-electron chi connectivity index (χ2n) is 5.12. The van der Waals surface area contributed by atoms with Crippen molar-refractivity contribution in [2.45, 2.75) is 26.3 Å². The van der Waals surface area contributed by atoms with Crippen molar-refractivity contribution in [3.05, 3.63) is 24.3 Å². The maximum atomic E-state index is 10.4. The highest BCUT2D eigenvalue weighted by atomic mass is 32.2. The zero-order valence-electron chi connectivity index (χ0n) is 13.5. The number of rotatable bonds is 7. The molecule has 124 valence electrons. The van der Waals surface area contributed by atoms with Crippen LogP contribution in [-0.2, 0) is 6.54 Å². The SMILES string of the molecule is CCCn1c(O)c(N=NC(=S)NCCCSC)c2ccccc21. The first kappa shape index (κ1) is 17.7. The zero-order valence-corrected chi connectivity index (χ0v) is 15.1. The van der Waals surface area contributed by atoms with E-state index < -0.39 is 0 Å². The number of aryl methyl sites for hydroxylation is 1. The summed E-state index contributed by atoms with van der Waals surface area (Å²) >= 11 is 6.96. The molecule has 23 heavy (non-hydrogen) atoms. The Morgan fingerprint density at radius 3 is 2.91 bits per heavy atom. The van der Waals surface area contributed by atoms with E-state index in [1.165, 1.54) is 0 Å². The Balaban J connectivity index is 2.18. The molecule has 1 aromatic heterocycles. The molecule has 0 radical (unpaired) electrons. The summed E-state index contributed by atoms with van der Waals surface area (Å²) in [4.78, 5) is 0. The van der Waals surface area contributed by atoms with Gasteiger partial charge in [-0.1, -0.05) is 25.1 Å². The molecule has 2 aromatic rings. The molecular weight excluding hydrogens is 328 g/mol. The van der Waals surface area contributed by atoms with Gasteiger partial charge in [-0.15, -0.1) is 10.2 Å². The van der Waals surface area contributed by atoms with Gasteiger partial charge >= 0.3 is 0 Å². The number of azo groups is 1. The Bertz CT molecular complexity index is 697. The molecule has 0 spiro atoms. The summed E-state index contributed by atoms with van der Waals surface area (Å²) in [5.41, 5.74) is 1.43. The lowest BCUT2D eigenvalue weighted by Crippen LogP contribution is -2.20. The topological polar surface area (TPSA) is 61.9 Å². The molecule has 0 aliphatic carbocycles. The van der Waals surface area contributed by atoms with Gasteiger partial charge in [0.2, 0.25) is 11.0 Å². The van der Waals surface area contributed by atoms with Crippen LogP contribution in [0.25, 0.3) is 10.9 Å². The molecule has 0 saturated heterocycles. The lowest BCUT2D eigenvalue weighted by molar-refractivity contribution is 0.421. The van der Waals surface area contributed by atoms with Crippen LogP contribution >= 0.6 is 24.0 Å². The molecule has 0 bridgehead atoms. The Labute approximate surface area is 146 Å². The lowest BCUT2D eigenvalue weighted by Gasteiger charge is -2.03. The van der Waals surface area contributed by atoms with Gasteiger partial charge in [0.15, 0.2) is 5.69 Å². The number of hydrogen-bond acceptors (Lipinski definition) is 4. The van der Waals surface area contributed by atoms with Crippen molar-refractivity contribution in [2.75, 3.05) is 18.6 Å². The maximum Gasteiger partial charge on any atom is 0.220 e. The fourth-order valence-electron chi connectivity index (χ4n) is 2.36. The van der Waals surface area contributed by atoms with Crippen LogP contribution in [0.5, 0.6) is 5.88 Å². The predicted molar refractivity (Wildman–Crippen MR) is 102 cm³/mol. The number of thiocarbonyl (C=S) groups is 1. The second kappa shape index (κ2) is 8.88. The Morgan fingerprint density at radius 1 is 1.39 bits per heavy atom. The van der Waals surface area contributed by atoms with Gasteiger partial charge in [-0.05, 0) is 43.1 Å². The van der Waals surface area contributed by atoms with E-state index in [4.69, 9.17) is 12.2 Å². The molecule has 1 aromatic carbocycles. The van der Waals surface area contributed by atoms with E-state index in [0.29, 0.717) is 10.8 Å². The fourth-order valence-corrected chi connectivity index (χ4v) is 2.94. The minimum absolute atomic E-state index is 0.141. The van der Waals surface area contributed by atoms with Crippen molar-refractivity contribution in [1.82, 2.24) is 9.88 Å². The first-order valence-corrected chi connectivity index (χ1v) is 9.48. The van der Waals surface area contributed by atoms with Crippen LogP contribution in [0.1, 0.15) is 19.8 Å². The summed E-state index contributed by atoms with van der Waals surface area (Å²) in [6.07, 6.45) is 4.03. The molecule has 1 heterocycles. The van der Waals surface area contributed by atoms with Crippen LogP contribution in [0.4, 0.5) is 5.69 Å². The van der Waals surface area contributed by atoms with Gasteiger partial charge in [0.1, 0.15) is 0 Å². The number of para-hydroxylation sites is 1. The van der Waals surface area contributed by atoms with E-state index in [1.54, 1.807) is 11.8 Å². The van der Waals surface area contributed by atoms with Crippen molar-refractivity contribution < 1.29 is 5.11 Å². The monoisotopic (exact) mass is 350 g/mol. The summed E-state index contributed by atoms with van der Waals surface area (Å²) in [7, 11) is 0. The number of hydrogen-bond donors (Lipinski definition) is 2. The maximum absolute atomic E-state index is 10.4. The standard InChI is InChI=1S/C16H22N4OS2/c1-3-10-20-13-8-5-4-7-12(13)14(15(20)21)18-19-16(22)17-9-6-11-23-2/h4-5,7-8,21H,3,6,9-11H2,1-2H3,(H,17,22). The molecule has 7 heteroatoms. The van der Waals surface area contributed by atoms with Crippen LogP contribution in [0.15, 0.2) is 34.5 Å². The predicted octanol–water partition coefficient (Wildman–Crippen LogP) is 4.47. The van der Waals surface area contributed by atoms with Crippen molar-refractivity contribution in [1.29, 1.82) is 0 Å². The largest absolute Gasteiger partial charge is 0.493 e. The average Bonchev–Trinajstić information content (AvgIpc) is 2.82. The molecule has 0 amide bonds. The highest BCUT2D eigenvalue weighted by Gasteiger charge is 2.15. The van der Waals surface area contributed by atoms with Gasteiger partial charge in [0.25, 0.3) is 0 Å². The summed E-state index contributed by atoms with van der Waals surface area (Å²) in [6.45, 7) is 3.59. The van der Waals surface area contributed by atoms with E-state index in [0.717, 1.165) is 42.6 Å². The number of aromatic hydroxyl groups is 1. The minimum atomic E-state index is 0.141. The van der Waals surface area contributed by atoms with Crippen molar-refractivity contribution in [3.63, 3.8) is 0 Å². The van der Waals surface area contributed by atoms with Gasteiger partial charge in [-0.3, -0.25) is 0 Å². The van der Waals surface area contributed by atoms with Crippen LogP contribution in [-0.4, -0.2) is 33.3 Å². The Kier molecular flexibility index (Phi) is 6.85. The van der Waals surface area contributed by atoms with Crippen LogP contribution < -0.4 is 5.32 Å². The summed E-state index contributed by atoms with van der Waals surface area (Å²) < 4.78 is 1.86. The summed E-state index contributed by atoms with van der Waals surface area (Å²) in [6, 6.07) is 7.79. The van der Waals surface area contributed by atoms with Gasteiger partial charge in [0.05, 0.1) is 5.52 Å². The summed E-state index contributed by atoms with van der Waals surface area (Å²) in [5, 5.41) is 23.0. The number of fused-ring (bicyclic) bond motifs is 1. The third-order valence-corrected chi connectivity index (χ3v) is 4.33. The molecular formula is C16H22N4OS2. The fraction of sp³-hybridized carbons (Fsp3) is 0.438. The quantitative estimate of drug-likeness (QED) is 0.439. The van der Waals surface area contributed by atoms with Gasteiger partial charge in [-0.25, -0.2) is 0 Å². The highest BCUT2D eigenvalue weighted by Crippen LogP contribution is 2.38. The van der Waals surface area contributed by atoms with Gasteiger partial charge < -0.3 is 15.0 Å². The van der Waals surface area contributed by atoms with Crippen molar-refractivity contribution in [3.8, 4) is 5.88 Å². The molecule has 0 unspecified atom stereocenters.